The molecule has 1 atom stereocenters. The number of hydrogen-bond acceptors (Lipinski definition) is 3. The van der Waals surface area contributed by atoms with Crippen LogP contribution in [-0.2, 0) is 4.74 Å². The van der Waals surface area contributed by atoms with Gasteiger partial charge in [-0.25, -0.2) is 4.79 Å². The van der Waals surface area contributed by atoms with E-state index in [2.05, 4.69) is 5.10 Å². The maximum atomic E-state index is 11.0. The lowest BCUT2D eigenvalue weighted by atomic mass is 10.2. The molecule has 15 heavy (non-hydrogen) atoms. The predicted molar refractivity (Wildman–Crippen MR) is 53.1 cm³/mol. The molecule has 1 aliphatic heterocycles. The summed E-state index contributed by atoms with van der Waals surface area (Å²) < 4.78 is 7.05. The molecule has 0 saturated carbocycles. The maximum absolute atomic E-state index is 11.0. The molecule has 1 saturated heterocycles. The van der Waals surface area contributed by atoms with Crippen molar-refractivity contribution >= 4 is 5.97 Å². The third-order valence-electron chi connectivity index (χ3n) is 2.79. The van der Waals surface area contributed by atoms with Gasteiger partial charge >= 0.3 is 5.97 Å². The molecule has 0 aliphatic carbocycles. The van der Waals surface area contributed by atoms with Crippen LogP contribution < -0.4 is 0 Å². The van der Waals surface area contributed by atoms with Gasteiger partial charge in [0.15, 0.2) is 0 Å². The SMILES string of the molecule is Cc1nn(C2CCOC2)c(C)c1C(=O)O. The van der Waals surface area contributed by atoms with Crippen molar-refractivity contribution in [3.05, 3.63) is 17.0 Å². The van der Waals surface area contributed by atoms with Gasteiger partial charge in [0.25, 0.3) is 0 Å². The Bertz CT molecular complexity index is 392. The number of aromatic carboxylic acids is 1. The Morgan fingerprint density at radius 1 is 1.60 bits per heavy atom. The minimum atomic E-state index is -0.907. The molecule has 5 nitrogen and oxygen atoms in total. The van der Waals surface area contributed by atoms with Crippen molar-refractivity contribution in [1.82, 2.24) is 9.78 Å². The minimum Gasteiger partial charge on any atom is -0.478 e. The van der Waals surface area contributed by atoms with Gasteiger partial charge in [-0.05, 0) is 20.3 Å². The summed E-state index contributed by atoms with van der Waals surface area (Å²) in [5.74, 6) is -0.907. The Balaban J connectivity index is 2.40. The first-order valence-corrected chi connectivity index (χ1v) is 4.98. The van der Waals surface area contributed by atoms with Gasteiger partial charge in [-0.15, -0.1) is 0 Å². The molecule has 5 heteroatoms. The van der Waals surface area contributed by atoms with E-state index in [0.717, 1.165) is 18.7 Å². The summed E-state index contributed by atoms with van der Waals surface area (Å²) >= 11 is 0. The fourth-order valence-electron chi connectivity index (χ4n) is 2.04. The van der Waals surface area contributed by atoms with Gasteiger partial charge in [-0.1, -0.05) is 0 Å². The number of aryl methyl sites for hydroxylation is 1. The second kappa shape index (κ2) is 3.66. The summed E-state index contributed by atoms with van der Waals surface area (Å²) in [5.41, 5.74) is 1.62. The van der Waals surface area contributed by atoms with E-state index in [9.17, 15) is 4.79 Å². The standard InChI is InChI=1S/C10H14N2O3/c1-6-9(10(13)14)7(2)12(11-6)8-3-4-15-5-8/h8H,3-5H2,1-2H3,(H,13,14). The topological polar surface area (TPSA) is 64.4 Å². The molecule has 1 aromatic rings. The largest absolute Gasteiger partial charge is 0.478 e. The molecule has 0 aromatic carbocycles. The highest BCUT2D eigenvalue weighted by molar-refractivity contribution is 5.90. The van der Waals surface area contributed by atoms with Crippen LogP contribution in [0.15, 0.2) is 0 Å². The normalized spacial score (nSPS) is 20.8. The molecule has 2 rings (SSSR count). The number of aromatic nitrogens is 2. The Kier molecular flexibility index (Phi) is 2.48. The number of carboxylic acids is 1. The summed E-state index contributed by atoms with van der Waals surface area (Å²) in [6.45, 7) is 4.87. The predicted octanol–water partition coefficient (Wildman–Crippen LogP) is 1.16. The van der Waals surface area contributed by atoms with E-state index in [4.69, 9.17) is 9.84 Å². The van der Waals surface area contributed by atoms with Gasteiger partial charge in [-0.3, -0.25) is 4.68 Å². The lowest BCUT2D eigenvalue weighted by Gasteiger charge is -2.10. The smallest absolute Gasteiger partial charge is 0.339 e. The van der Waals surface area contributed by atoms with E-state index in [1.54, 1.807) is 18.5 Å². The van der Waals surface area contributed by atoms with E-state index in [0.29, 0.717) is 17.9 Å². The number of nitrogens with zero attached hydrogens (tertiary/aromatic N) is 2. The van der Waals surface area contributed by atoms with Crippen LogP contribution in [0, 0.1) is 13.8 Å². The molecule has 1 aromatic heterocycles. The van der Waals surface area contributed by atoms with Crippen LogP contribution in [-0.4, -0.2) is 34.1 Å². The third-order valence-corrected chi connectivity index (χ3v) is 2.79. The molecule has 1 unspecified atom stereocenters. The first-order valence-electron chi connectivity index (χ1n) is 4.98. The second-order valence-corrected chi connectivity index (χ2v) is 3.81. The third kappa shape index (κ3) is 1.63. The number of hydrogen-bond donors (Lipinski definition) is 1. The van der Waals surface area contributed by atoms with Crippen molar-refractivity contribution in [2.24, 2.45) is 0 Å². The highest BCUT2D eigenvalue weighted by atomic mass is 16.5. The minimum absolute atomic E-state index is 0.191. The first-order chi connectivity index (χ1) is 7.11. The zero-order valence-corrected chi connectivity index (χ0v) is 8.86. The van der Waals surface area contributed by atoms with E-state index in [1.165, 1.54) is 0 Å². The molecular weight excluding hydrogens is 196 g/mol. The number of carboxylic acid groups (broad SMARTS) is 1. The maximum Gasteiger partial charge on any atom is 0.339 e. The van der Waals surface area contributed by atoms with Crippen LogP contribution in [0.1, 0.15) is 34.2 Å². The summed E-state index contributed by atoms with van der Waals surface area (Å²) in [4.78, 5) is 11.0. The average Bonchev–Trinajstić information content (AvgIpc) is 2.72. The fraction of sp³-hybridized carbons (Fsp3) is 0.600. The summed E-state index contributed by atoms with van der Waals surface area (Å²) in [5, 5.41) is 13.3. The number of carbonyl (C=O) groups is 1. The highest BCUT2D eigenvalue weighted by Gasteiger charge is 2.24. The van der Waals surface area contributed by atoms with Crippen molar-refractivity contribution in [1.29, 1.82) is 0 Å². The molecule has 82 valence electrons. The lowest BCUT2D eigenvalue weighted by molar-refractivity contribution is 0.0695. The Morgan fingerprint density at radius 2 is 2.33 bits per heavy atom. The van der Waals surface area contributed by atoms with Crippen LogP contribution in [0.4, 0.5) is 0 Å². The van der Waals surface area contributed by atoms with Crippen molar-refractivity contribution in [3.63, 3.8) is 0 Å². The van der Waals surface area contributed by atoms with E-state index >= 15 is 0 Å². The van der Waals surface area contributed by atoms with E-state index < -0.39 is 5.97 Å². The molecule has 1 fully saturated rings. The average molecular weight is 210 g/mol. The molecule has 1 aliphatic rings. The molecule has 0 bridgehead atoms. The lowest BCUT2D eigenvalue weighted by Crippen LogP contribution is -2.12. The van der Waals surface area contributed by atoms with Crippen molar-refractivity contribution in [3.8, 4) is 0 Å². The second-order valence-electron chi connectivity index (χ2n) is 3.81. The van der Waals surface area contributed by atoms with E-state index in [-0.39, 0.29) is 6.04 Å². The molecule has 0 radical (unpaired) electrons. The quantitative estimate of drug-likeness (QED) is 0.795. The molecule has 1 N–H and O–H groups in total. The van der Waals surface area contributed by atoms with Gasteiger partial charge in [-0.2, -0.15) is 5.10 Å². The van der Waals surface area contributed by atoms with Crippen LogP contribution in [0.3, 0.4) is 0 Å². The van der Waals surface area contributed by atoms with Crippen LogP contribution in [0.5, 0.6) is 0 Å². The van der Waals surface area contributed by atoms with Crippen molar-refractivity contribution < 1.29 is 14.6 Å². The van der Waals surface area contributed by atoms with Crippen LogP contribution >= 0.6 is 0 Å². The van der Waals surface area contributed by atoms with Gasteiger partial charge < -0.3 is 9.84 Å². The molecule has 0 amide bonds. The highest BCUT2D eigenvalue weighted by Crippen LogP contribution is 2.23. The van der Waals surface area contributed by atoms with Gasteiger partial charge in [0.1, 0.15) is 5.56 Å². The zero-order chi connectivity index (χ0) is 11.0. The van der Waals surface area contributed by atoms with Crippen molar-refractivity contribution in [2.75, 3.05) is 13.2 Å². The fourth-order valence-corrected chi connectivity index (χ4v) is 2.04. The number of rotatable bonds is 2. The summed E-state index contributed by atoms with van der Waals surface area (Å²) in [7, 11) is 0. The zero-order valence-electron chi connectivity index (χ0n) is 8.86. The van der Waals surface area contributed by atoms with E-state index in [1.807, 2.05) is 0 Å². The Morgan fingerprint density at radius 3 is 2.80 bits per heavy atom. The Labute approximate surface area is 87.7 Å². The monoisotopic (exact) mass is 210 g/mol. The molecule has 2 heterocycles. The number of ether oxygens (including phenoxy) is 1. The van der Waals surface area contributed by atoms with Crippen molar-refractivity contribution in [2.45, 2.75) is 26.3 Å². The summed E-state index contributed by atoms with van der Waals surface area (Å²) in [6.07, 6.45) is 0.904. The first kappa shape index (κ1) is 10.2. The van der Waals surface area contributed by atoms with Crippen LogP contribution in [0.25, 0.3) is 0 Å². The Hall–Kier alpha value is -1.36. The van der Waals surface area contributed by atoms with Gasteiger partial charge in [0.05, 0.1) is 24.0 Å². The van der Waals surface area contributed by atoms with Gasteiger partial charge in [0, 0.05) is 6.61 Å². The molecule has 0 spiro atoms. The summed E-state index contributed by atoms with van der Waals surface area (Å²) in [6, 6.07) is 0.191. The van der Waals surface area contributed by atoms with Gasteiger partial charge in [0.2, 0.25) is 0 Å². The molecular formula is C10H14N2O3. The van der Waals surface area contributed by atoms with Crippen LogP contribution in [0.2, 0.25) is 0 Å².